The van der Waals surface area contributed by atoms with Crippen molar-refractivity contribution in [2.75, 3.05) is 33.4 Å². The minimum Gasteiger partial charge on any atom is -0.395 e. The van der Waals surface area contributed by atoms with Gasteiger partial charge in [-0.1, -0.05) is 0 Å². The molecule has 0 aromatic heterocycles. The zero-order chi connectivity index (χ0) is 16.2. The summed E-state index contributed by atoms with van der Waals surface area (Å²) >= 11 is 0. The predicted octanol–water partition coefficient (Wildman–Crippen LogP) is 1.46. The number of nitrogens with zero attached hydrogens (tertiary/aromatic N) is 1. The number of methoxy groups -OCH3 is 1. The summed E-state index contributed by atoms with van der Waals surface area (Å²) in [5.74, 6) is -12.6. The van der Waals surface area contributed by atoms with E-state index in [2.05, 4.69) is 4.74 Å². The Hall–Kier alpha value is -1.74. The summed E-state index contributed by atoms with van der Waals surface area (Å²) in [5, 5.41) is 8.79. The summed E-state index contributed by atoms with van der Waals surface area (Å²) in [6, 6.07) is 0. The van der Waals surface area contributed by atoms with Crippen LogP contribution in [0.25, 0.3) is 0 Å². The lowest BCUT2D eigenvalue weighted by Gasteiger charge is -2.22. The van der Waals surface area contributed by atoms with E-state index in [-0.39, 0.29) is 19.7 Å². The van der Waals surface area contributed by atoms with Crippen LogP contribution in [-0.4, -0.2) is 49.3 Å². The monoisotopic (exact) mass is 313 g/mol. The third-order valence-corrected chi connectivity index (χ3v) is 2.65. The van der Waals surface area contributed by atoms with E-state index in [1.54, 1.807) is 0 Å². The lowest BCUT2D eigenvalue weighted by molar-refractivity contribution is 0.0643. The number of halogens is 5. The highest BCUT2D eigenvalue weighted by Crippen LogP contribution is 2.24. The summed E-state index contributed by atoms with van der Waals surface area (Å²) in [4.78, 5) is 12.6. The molecule has 0 radical (unpaired) electrons. The third-order valence-electron chi connectivity index (χ3n) is 2.65. The van der Waals surface area contributed by atoms with Gasteiger partial charge in [-0.15, -0.1) is 0 Å². The summed E-state index contributed by atoms with van der Waals surface area (Å²) in [6.45, 7) is -1.12. The first-order valence-corrected chi connectivity index (χ1v) is 5.77. The summed E-state index contributed by atoms with van der Waals surface area (Å²) in [5.41, 5.74) is -1.56. The number of carbonyl (C=O) groups excluding carboxylic acids is 1. The molecular formula is C12H12F5NO3. The molecule has 118 valence electrons. The van der Waals surface area contributed by atoms with Gasteiger partial charge in [0.15, 0.2) is 23.3 Å². The largest absolute Gasteiger partial charge is 0.395 e. The Morgan fingerprint density at radius 1 is 1.00 bits per heavy atom. The number of hydrogen-bond donors (Lipinski definition) is 1. The van der Waals surface area contributed by atoms with Gasteiger partial charge in [0.25, 0.3) is 5.91 Å². The van der Waals surface area contributed by atoms with Gasteiger partial charge in [-0.05, 0) is 0 Å². The molecular weight excluding hydrogens is 301 g/mol. The maximum absolute atomic E-state index is 13.5. The van der Waals surface area contributed by atoms with Crippen molar-refractivity contribution < 1.29 is 36.6 Å². The van der Waals surface area contributed by atoms with Crippen molar-refractivity contribution in [3.05, 3.63) is 34.6 Å². The Balaban J connectivity index is 3.27. The van der Waals surface area contributed by atoms with Gasteiger partial charge in [-0.25, -0.2) is 22.0 Å². The van der Waals surface area contributed by atoms with Crippen molar-refractivity contribution >= 4 is 5.91 Å². The van der Waals surface area contributed by atoms with Crippen LogP contribution >= 0.6 is 0 Å². The van der Waals surface area contributed by atoms with Crippen molar-refractivity contribution in [3.63, 3.8) is 0 Å². The SMILES string of the molecule is COCCN(CCO)C(=O)c1c(F)c(F)c(F)c(F)c1F. The summed E-state index contributed by atoms with van der Waals surface area (Å²) < 4.78 is 70.7. The molecule has 0 aliphatic heterocycles. The number of rotatable bonds is 6. The molecule has 0 heterocycles. The summed E-state index contributed by atoms with van der Waals surface area (Å²) in [6.07, 6.45) is 0. The molecule has 0 aliphatic carbocycles. The first kappa shape index (κ1) is 17.3. The molecule has 1 amide bonds. The van der Waals surface area contributed by atoms with Crippen LogP contribution in [0.5, 0.6) is 0 Å². The average molecular weight is 313 g/mol. The van der Waals surface area contributed by atoms with Crippen LogP contribution in [0, 0.1) is 29.1 Å². The Morgan fingerprint density at radius 3 is 1.90 bits per heavy atom. The summed E-state index contributed by atoms with van der Waals surface area (Å²) in [7, 11) is 1.29. The van der Waals surface area contributed by atoms with Crippen LogP contribution in [0.3, 0.4) is 0 Å². The van der Waals surface area contributed by atoms with Crippen molar-refractivity contribution in [2.24, 2.45) is 0 Å². The van der Waals surface area contributed by atoms with Gasteiger partial charge in [-0.3, -0.25) is 4.79 Å². The molecule has 0 saturated carbocycles. The van der Waals surface area contributed by atoms with E-state index in [9.17, 15) is 26.7 Å². The van der Waals surface area contributed by atoms with Gasteiger partial charge >= 0.3 is 0 Å². The normalized spacial score (nSPS) is 10.8. The fraction of sp³-hybridized carbons (Fsp3) is 0.417. The highest BCUT2D eigenvalue weighted by atomic mass is 19.2. The first-order valence-electron chi connectivity index (χ1n) is 5.77. The van der Waals surface area contributed by atoms with Gasteiger partial charge in [0, 0.05) is 20.2 Å². The van der Waals surface area contributed by atoms with E-state index in [1.807, 2.05) is 0 Å². The second kappa shape index (κ2) is 7.32. The van der Waals surface area contributed by atoms with E-state index >= 15 is 0 Å². The van der Waals surface area contributed by atoms with E-state index in [1.165, 1.54) is 7.11 Å². The van der Waals surface area contributed by atoms with Crippen LogP contribution in [0.15, 0.2) is 0 Å². The van der Waals surface area contributed by atoms with Crippen molar-refractivity contribution in [1.82, 2.24) is 4.90 Å². The predicted molar refractivity (Wildman–Crippen MR) is 61.1 cm³/mol. The second-order valence-corrected chi connectivity index (χ2v) is 3.95. The van der Waals surface area contributed by atoms with E-state index in [4.69, 9.17) is 5.11 Å². The molecule has 21 heavy (non-hydrogen) atoms. The van der Waals surface area contributed by atoms with E-state index < -0.39 is 47.2 Å². The number of carbonyl (C=O) groups is 1. The van der Waals surface area contributed by atoms with Gasteiger partial charge in [0.2, 0.25) is 5.82 Å². The van der Waals surface area contributed by atoms with Crippen LogP contribution in [0.1, 0.15) is 10.4 Å². The smallest absolute Gasteiger partial charge is 0.260 e. The average Bonchev–Trinajstić information content (AvgIpc) is 2.47. The molecule has 0 atom stereocenters. The van der Waals surface area contributed by atoms with Gasteiger partial charge in [0.1, 0.15) is 5.56 Å². The van der Waals surface area contributed by atoms with E-state index in [0.717, 1.165) is 4.90 Å². The van der Waals surface area contributed by atoms with Crippen LogP contribution in [0.4, 0.5) is 22.0 Å². The molecule has 0 spiro atoms. The Bertz CT molecular complexity index is 509. The van der Waals surface area contributed by atoms with Crippen molar-refractivity contribution in [2.45, 2.75) is 0 Å². The lowest BCUT2D eigenvalue weighted by Crippen LogP contribution is -2.37. The molecule has 9 heteroatoms. The molecule has 0 fully saturated rings. The van der Waals surface area contributed by atoms with Crippen LogP contribution < -0.4 is 0 Å². The highest BCUT2D eigenvalue weighted by Gasteiger charge is 2.31. The molecule has 1 N–H and O–H groups in total. The van der Waals surface area contributed by atoms with Gasteiger partial charge in [-0.2, -0.15) is 0 Å². The maximum Gasteiger partial charge on any atom is 0.260 e. The topological polar surface area (TPSA) is 49.8 Å². The minimum atomic E-state index is -2.34. The maximum atomic E-state index is 13.5. The zero-order valence-electron chi connectivity index (χ0n) is 10.9. The number of aliphatic hydroxyl groups excluding tert-OH is 1. The number of aliphatic hydroxyl groups is 1. The molecule has 1 rings (SSSR count). The molecule has 1 aromatic carbocycles. The third kappa shape index (κ3) is 3.48. The van der Waals surface area contributed by atoms with Crippen molar-refractivity contribution in [1.29, 1.82) is 0 Å². The zero-order valence-corrected chi connectivity index (χ0v) is 10.9. The first-order chi connectivity index (χ1) is 9.86. The quantitative estimate of drug-likeness (QED) is 0.491. The highest BCUT2D eigenvalue weighted by molar-refractivity contribution is 5.94. The molecule has 0 saturated heterocycles. The lowest BCUT2D eigenvalue weighted by atomic mass is 10.1. The van der Waals surface area contributed by atoms with Gasteiger partial charge in [0.05, 0.1) is 13.2 Å². The number of amides is 1. The fourth-order valence-corrected chi connectivity index (χ4v) is 1.59. The second-order valence-electron chi connectivity index (χ2n) is 3.95. The Morgan fingerprint density at radius 2 is 1.48 bits per heavy atom. The molecule has 0 unspecified atom stereocenters. The number of hydrogen-bond acceptors (Lipinski definition) is 3. The Labute approximate surface area is 116 Å². The van der Waals surface area contributed by atoms with Gasteiger partial charge < -0.3 is 14.7 Å². The molecule has 4 nitrogen and oxygen atoms in total. The van der Waals surface area contributed by atoms with E-state index in [0.29, 0.717) is 0 Å². The number of benzene rings is 1. The molecule has 1 aromatic rings. The Kier molecular flexibility index (Phi) is 6.03. The standard InChI is InChI=1S/C12H12F5NO3/c1-21-5-3-18(2-4-19)12(20)6-7(13)9(15)11(17)10(16)8(6)14/h19H,2-5H2,1H3. The van der Waals surface area contributed by atoms with Crippen LogP contribution in [0.2, 0.25) is 0 Å². The number of ether oxygens (including phenoxy) is 1. The molecule has 0 aliphatic rings. The molecule has 0 bridgehead atoms. The minimum absolute atomic E-state index is 0.0405. The van der Waals surface area contributed by atoms with Crippen molar-refractivity contribution in [3.8, 4) is 0 Å². The van der Waals surface area contributed by atoms with Crippen LogP contribution in [-0.2, 0) is 4.74 Å². The fourth-order valence-electron chi connectivity index (χ4n) is 1.59.